The number of rotatable bonds is 4. The van der Waals surface area contributed by atoms with Gasteiger partial charge in [0.05, 0.1) is 6.54 Å². The van der Waals surface area contributed by atoms with Gasteiger partial charge in [-0.15, -0.1) is 10.2 Å². The number of aromatic nitrogens is 3. The molecule has 0 unspecified atom stereocenters. The Balaban J connectivity index is 1.72. The van der Waals surface area contributed by atoms with Crippen molar-refractivity contribution in [2.24, 2.45) is 11.8 Å². The Morgan fingerprint density at radius 3 is 2.62 bits per heavy atom. The second-order valence-electron chi connectivity index (χ2n) is 8.17. The number of allylic oxidation sites excluding steroid dienone is 3. The van der Waals surface area contributed by atoms with Crippen molar-refractivity contribution in [3.05, 3.63) is 47.6 Å². The smallest absolute Gasteiger partial charge is 0.254 e. The van der Waals surface area contributed by atoms with Crippen LogP contribution in [-0.2, 0) is 17.9 Å². The van der Waals surface area contributed by atoms with E-state index in [1.165, 1.54) is 32.1 Å². The van der Waals surface area contributed by atoms with Crippen molar-refractivity contribution in [1.82, 2.24) is 19.7 Å². The Kier molecular flexibility index (Phi) is 7.09. The van der Waals surface area contributed by atoms with Gasteiger partial charge in [0, 0.05) is 24.6 Å². The summed E-state index contributed by atoms with van der Waals surface area (Å²) in [7, 11) is 0. The van der Waals surface area contributed by atoms with Crippen LogP contribution in [0.4, 0.5) is 0 Å². The van der Waals surface area contributed by atoms with Crippen LogP contribution in [0.15, 0.2) is 36.0 Å². The maximum atomic E-state index is 13.0. The molecule has 2 heterocycles. The predicted molar refractivity (Wildman–Crippen MR) is 116 cm³/mol. The fraction of sp³-hybridized carbons (Fsp3) is 0.542. The van der Waals surface area contributed by atoms with Gasteiger partial charge in [-0.25, -0.2) is 0 Å². The summed E-state index contributed by atoms with van der Waals surface area (Å²) >= 11 is 0. The fourth-order valence-corrected chi connectivity index (χ4v) is 3.99. The largest absolute Gasteiger partial charge is 0.329 e. The Hall–Kier alpha value is -2.61. The van der Waals surface area contributed by atoms with Gasteiger partial charge < -0.3 is 9.47 Å². The van der Waals surface area contributed by atoms with Crippen LogP contribution >= 0.6 is 0 Å². The van der Waals surface area contributed by atoms with Gasteiger partial charge in [-0.3, -0.25) is 4.79 Å². The molecule has 5 heteroatoms. The van der Waals surface area contributed by atoms with E-state index in [0.717, 1.165) is 17.2 Å². The molecule has 154 valence electrons. The van der Waals surface area contributed by atoms with Crippen molar-refractivity contribution >= 4 is 5.91 Å². The summed E-state index contributed by atoms with van der Waals surface area (Å²) in [5.74, 6) is 9.01. The van der Waals surface area contributed by atoms with Gasteiger partial charge in [-0.1, -0.05) is 57.8 Å². The van der Waals surface area contributed by atoms with E-state index >= 15 is 0 Å². The summed E-state index contributed by atoms with van der Waals surface area (Å²) < 4.78 is 2.06. The van der Waals surface area contributed by atoms with E-state index in [4.69, 9.17) is 0 Å². The molecule has 2 aliphatic rings. The zero-order valence-electron chi connectivity index (χ0n) is 17.9. The molecule has 1 aromatic heterocycles. The fourth-order valence-electron chi connectivity index (χ4n) is 3.99. The molecule has 5 nitrogen and oxygen atoms in total. The lowest BCUT2D eigenvalue weighted by Crippen LogP contribution is -2.39. The first-order chi connectivity index (χ1) is 14.0. The molecular weight excluding hydrogens is 360 g/mol. The monoisotopic (exact) mass is 392 g/mol. The van der Waals surface area contributed by atoms with Gasteiger partial charge in [-0.05, 0) is 43.3 Å². The van der Waals surface area contributed by atoms with Crippen molar-refractivity contribution in [1.29, 1.82) is 0 Å². The number of hydrogen-bond acceptors (Lipinski definition) is 3. The third kappa shape index (κ3) is 5.06. The molecule has 0 saturated heterocycles. The zero-order valence-corrected chi connectivity index (χ0v) is 17.9. The SMILES string of the molecule is C=C/C(=C\C(=C/C)C(C)C)C(=O)N1CCn2c(C#CC3CCCCC3)nnc2C1. The second-order valence-corrected chi connectivity index (χ2v) is 8.17. The van der Waals surface area contributed by atoms with E-state index < -0.39 is 0 Å². The maximum Gasteiger partial charge on any atom is 0.254 e. The van der Waals surface area contributed by atoms with Crippen LogP contribution in [0.5, 0.6) is 0 Å². The number of carbonyl (C=O) groups is 1. The molecule has 0 N–H and O–H groups in total. The second kappa shape index (κ2) is 9.73. The molecule has 1 aliphatic carbocycles. The minimum absolute atomic E-state index is 0.0101. The van der Waals surface area contributed by atoms with Gasteiger partial charge in [-0.2, -0.15) is 0 Å². The van der Waals surface area contributed by atoms with Crippen LogP contribution in [0.2, 0.25) is 0 Å². The van der Waals surface area contributed by atoms with E-state index in [-0.39, 0.29) is 5.91 Å². The quantitative estimate of drug-likeness (QED) is 0.437. The molecule has 29 heavy (non-hydrogen) atoms. The summed E-state index contributed by atoms with van der Waals surface area (Å²) in [5.41, 5.74) is 1.76. The highest BCUT2D eigenvalue weighted by Gasteiger charge is 2.25. The first-order valence-electron chi connectivity index (χ1n) is 10.8. The lowest BCUT2D eigenvalue weighted by molar-refractivity contribution is -0.128. The number of amides is 1. The zero-order chi connectivity index (χ0) is 20.8. The van der Waals surface area contributed by atoms with E-state index in [1.807, 2.05) is 24.0 Å². The normalized spacial score (nSPS) is 18.3. The predicted octanol–water partition coefficient (Wildman–Crippen LogP) is 4.27. The highest BCUT2D eigenvalue weighted by atomic mass is 16.2. The van der Waals surface area contributed by atoms with Crippen molar-refractivity contribution in [2.75, 3.05) is 6.54 Å². The van der Waals surface area contributed by atoms with Gasteiger partial charge in [0.1, 0.15) is 0 Å². The van der Waals surface area contributed by atoms with Crippen LogP contribution in [0.3, 0.4) is 0 Å². The van der Waals surface area contributed by atoms with E-state index in [0.29, 0.717) is 37.0 Å². The molecule has 0 aromatic carbocycles. The molecule has 1 saturated carbocycles. The topological polar surface area (TPSA) is 51.0 Å². The van der Waals surface area contributed by atoms with Crippen molar-refractivity contribution in [3.8, 4) is 11.8 Å². The lowest BCUT2D eigenvalue weighted by atomic mass is 9.90. The van der Waals surface area contributed by atoms with Crippen LogP contribution in [0.1, 0.15) is 64.5 Å². The molecule has 0 atom stereocenters. The standard InChI is InChI=1S/C24H32N4O/c1-5-20(18(3)4)16-21(6-2)24(29)27-14-15-28-22(25-26-23(28)17-27)13-12-19-10-8-7-9-11-19/h5-6,16,18-19H,2,7-11,14-15,17H2,1,3-4H3/b20-5+,21-16+. The Morgan fingerprint density at radius 1 is 1.21 bits per heavy atom. The van der Waals surface area contributed by atoms with E-state index in [2.05, 4.69) is 47.0 Å². The summed E-state index contributed by atoms with van der Waals surface area (Å²) in [4.78, 5) is 14.8. The Bertz CT molecular complexity index is 872. The molecular formula is C24H32N4O. The average Bonchev–Trinajstić information content (AvgIpc) is 3.15. The molecule has 1 amide bonds. The lowest BCUT2D eigenvalue weighted by Gasteiger charge is -2.28. The highest BCUT2D eigenvalue weighted by molar-refractivity contribution is 5.96. The Labute approximate surface area is 174 Å². The third-order valence-electron chi connectivity index (χ3n) is 5.82. The molecule has 1 aliphatic heterocycles. The van der Waals surface area contributed by atoms with Gasteiger partial charge in [0.15, 0.2) is 5.82 Å². The summed E-state index contributed by atoms with van der Waals surface area (Å²) in [5, 5.41) is 8.59. The molecule has 0 radical (unpaired) electrons. The number of carbonyl (C=O) groups excluding carboxylic acids is 1. The average molecular weight is 393 g/mol. The first-order valence-corrected chi connectivity index (χ1v) is 10.8. The molecule has 0 bridgehead atoms. The third-order valence-corrected chi connectivity index (χ3v) is 5.82. The minimum atomic E-state index is -0.0101. The summed E-state index contributed by atoms with van der Waals surface area (Å²) in [6.07, 6.45) is 11.9. The van der Waals surface area contributed by atoms with Gasteiger partial charge >= 0.3 is 0 Å². The first kappa shape index (κ1) is 21.1. The van der Waals surface area contributed by atoms with E-state index in [1.54, 1.807) is 6.08 Å². The van der Waals surface area contributed by atoms with Crippen LogP contribution in [0.25, 0.3) is 0 Å². The number of nitrogens with zero attached hydrogens (tertiary/aromatic N) is 4. The van der Waals surface area contributed by atoms with Crippen molar-refractivity contribution in [2.45, 2.75) is 66.0 Å². The summed E-state index contributed by atoms with van der Waals surface area (Å²) in [6.45, 7) is 11.8. The van der Waals surface area contributed by atoms with Gasteiger partial charge in [0.25, 0.3) is 5.91 Å². The molecule has 3 rings (SSSR count). The van der Waals surface area contributed by atoms with Crippen molar-refractivity contribution < 1.29 is 4.79 Å². The molecule has 1 aromatic rings. The summed E-state index contributed by atoms with van der Waals surface area (Å²) in [6, 6.07) is 0. The van der Waals surface area contributed by atoms with Crippen LogP contribution < -0.4 is 0 Å². The van der Waals surface area contributed by atoms with Crippen LogP contribution in [-0.4, -0.2) is 32.1 Å². The highest BCUT2D eigenvalue weighted by Crippen LogP contribution is 2.23. The van der Waals surface area contributed by atoms with Crippen LogP contribution in [0, 0.1) is 23.7 Å². The molecule has 1 fully saturated rings. The maximum absolute atomic E-state index is 13.0. The van der Waals surface area contributed by atoms with Gasteiger partial charge in [0.2, 0.25) is 5.82 Å². The minimum Gasteiger partial charge on any atom is -0.329 e. The molecule has 0 spiro atoms. The van der Waals surface area contributed by atoms with Crippen molar-refractivity contribution in [3.63, 3.8) is 0 Å². The van der Waals surface area contributed by atoms with E-state index in [9.17, 15) is 4.79 Å². The number of fused-ring (bicyclic) bond motifs is 1. The number of hydrogen-bond donors (Lipinski definition) is 0. The Morgan fingerprint density at radius 2 is 1.97 bits per heavy atom.